The van der Waals surface area contributed by atoms with Gasteiger partial charge in [0.25, 0.3) is 0 Å². The molecule has 10 heteroatoms. The number of hydrogen-bond acceptors (Lipinski definition) is 8. The van der Waals surface area contributed by atoms with Gasteiger partial charge in [-0.25, -0.2) is 11.1 Å². The summed E-state index contributed by atoms with van der Waals surface area (Å²) < 4.78 is -0.467. The molecule has 0 aliphatic carbocycles. The van der Waals surface area contributed by atoms with Crippen molar-refractivity contribution in [2.24, 2.45) is 32.1 Å². The molecule has 0 saturated heterocycles. The molecule has 0 unspecified atom stereocenters. The Kier molecular flexibility index (Phi) is 5.86. The number of nitrogens with two attached hydrogens (primary N) is 2. The lowest BCUT2D eigenvalue weighted by Gasteiger charge is -2.20. The van der Waals surface area contributed by atoms with Crippen LogP contribution >= 0.6 is 23.5 Å². The minimum atomic E-state index is -0.467. The van der Waals surface area contributed by atoms with Crippen molar-refractivity contribution in [1.82, 2.24) is 0 Å². The maximum Gasteiger partial charge on any atom is 0.227 e. The zero-order valence-corrected chi connectivity index (χ0v) is 9.89. The molecule has 0 fully saturated rings. The third kappa shape index (κ3) is 5.32. The highest BCUT2D eigenvalue weighted by atomic mass is 32.2. The molecule has 0 bridgehead atoms. The van der Waals surface area contributed by atoms with Gasteiger partial charge in [-0.2, -0.15) is 10.2 Å². The first-order chi connectivity index (χ1) is 6.99. The molecule has 6 N–H and O–H groups in total. The van der Waals surface area contributed by atoms with Crippen molar-refractivity contribution in [2.45, 2.75) is 17.9 Å². The van der Waals surface area contributed by atoms with E-state index in [-0.39, 0.29) is 10.3 Å². The van der Waals surface area contributed by atoms with Crippen molar-refractivity contribution in [3.63, 3.8) is 0 Å². The van der Waals surface area contributed by atoms with Crippen molar-refractivity contribution >= 4 is 33.9 Å². The van der Waals surface area contributed by atoms with Gasteiger partial charge < -0.3 is 11.7 Å². The molecule has 84 valence electrons. The normalized spacial score (nSPS) is 13.7. The van der Waals surface area contributed by atoms with E-state index in [1.807, 2.05) is 13.8 Å². The maximum atomic E-state index is 6.78. The lowest BCUT2D eigenvalue weighted by Crippen LogP contribution is -2.15. The van der Waals surface area contributed by atoms with E-state index >= 15 is 0 Å². The van der Waals surface area contributed by atoms with Crippen LogP contribution in [0, 0.1) is 11.1 Å². The highest BCUT2D eigenvalue weighted by molar-refractivity contribution is 8.31. The number of rotatable bonds is 2. The number of amidine groups is 2. The second kappa shape index (κ2) is 6.35. The van der Waals surface area contributed by atoms with Crippen molar-refractivity contribution in [1.29, 1.82) is 11.1 Å². The van der Waals surface area contributed by atoms with Crippen LogP contribution in [-0.2, 0) is 0 Å². The highest BCUT2D eigenvalue weighted by Crippen LogP contribution is 2.38. The van der Waals surface area contributed by atoms with Crippen LogP contribution in [0.3, 0.4) is 0 Å². The molecule has 0 aliphatic heterocycles. The van der Waals surface area contributed by atoms with E-state index in [4.69, 9.17) is 22.7 Å². The fourth-order valence-corrected chi connectivity index (χ4v) is 2.31. The zero-order chi connectivity index (χ0) is 11.9. The summed E-state index contributed by atoms with van der Waals surface area (Å²) >= 11 is 2.32. The standard InChI is InChI=1S/C5H12N8S2/c1-5(2,14-3(10-6)11-7)15-4(12-8)13-9/h6,8H,7,9H2,1-2H3. The van der Waals surface area contributed by atoms with Gasteiger partial charge in [0, 0.05) is 0 Å². The van der Waals surface area contributed by atoms with Gasteiger partial charge in [0.1, 0.15) is 0 Å². The Bertz CT molecular complexity index is 267. The van der Waals surface area contributed by atoms with Crippen LogP contribution in [-0.4, -0.2) is 14.4 Å². The van der Waals surface area contributed by atoms with Gasteiger partial charge in [-0.1, -0.05) is 23.5 Å². The first-order valence-electron chi connectivity index (χ1n) is 3.67. The second-order valence-corrected chi connectivity index (χ2v) is 6.09. The fraction of sp³-hybridized carbons (Fsp3) is 0.600. The molecule has 15 heavy (non-hydrogen) atoms. The lowest BCUT2D eigenvalue weighted by molar-refractivity contribution is 1.03. The third-order valence-corrected chi connectivity index (χ3v) is 3.33. The fourth-order valence-electron chi connectivity index (χ4n) is 0.617. The Labute approximate surface area is 95.3 Å². The average Bonchev–Trinajstić information content (AvgIpc) is 2.22. The van der Waals surface area contributed by atoms with Gasteiger partial charge in [-0.15, -0.1) is 10.2 Å². The van der Waals surface area contributed by atoms with Crippen LogP contribution in [0.1, 0.15) is 13.8 Å². The number of nitrogens with zero attached hydrogens (tertiary/aromatic N) is 4. The zero-order valence-electron chi connectivity index (χ0n) is 8.26. The average molecular weight is 248 g/mol. The Morgan fingerprint density at radius 2 is 1.33 bits per heavy atom. The van der Waals surface area contributed by atoms with Crippen LogP contribution < -0.4 is 11.7 Å². The van der Waals surface area contributed by atoms with E-state index in [2.05, 4.69) is 20.4 Å². The topological polar surface area (TPSA) is 149 Å². The van der Waals surface area contributed by atoms with Crippen LogP contribution in [0.15, 0.2) is 20.4 Å². The monoisotopic (exact) mass is 248 g/mol. The van der Waals surface area contributed by atoms with Gasteiger partial charge in [0.15, 0.2) is 0 Å². The predicted octanol–water partition coefficient (Wildman–Crippen LogP) is 1.71. The Hall–Kier alpha value is -1.16. The molecule has 0 aromatic rings. The summed E-state index contributed by atoms with van der Waals surface area (Å²) in [7, 11) is 0. The SMILES string of the molecule is CC(C)(SC(N=N)=NN)SC(N=N)=NN. The molecule has 8 nitrogen and oxygen atoms in total. The number of hydrogen-bond donors (Lipinski definition) is 4. The molecule has 0 saturated carbocycles. The quantitative estimate of drug-likeness (QED) is 0.147. The summed E-state index contributed by atoms with van der Waals surface area (Å²) in [5.74, 6) is 10.0. The lowest BCUT2D eigenvalue weighted by atomic mass is 10.5. The third-order valence-electron chi connectivity index (χ3n) is 1.09. The summed E-state index contributed by atoms with van der Waals surface area (Å²) in [5.41, 5.74) is 13.6. The first-order valence-corrected chi connectivity index (χ1v) is 5.31. The Balaban J connectivity index is 4.55. The van der Waals surface area contributed by atoms with E-state index in [1.165, 1.54) is 0 Å². The molecule has 0 aliphatic rings. The van der Waals surface area contributed by atoms with Gasteiger partial charge in [-0.3, -0.25) is 0 Å². The van der Waals surface area contributed by atoms with Gasteiger partial charge in [-0.05, 0) is 13.8 Å². The molecule has 0 rings (SSSR count). The Morgan fingerprint density at radius 1 is 1.00 bits per heavy atom. The van der Waals surface area contributed by atoms with E-state index in [0.29, 0.717) is 0 Å². The summed E-state index contributed by atoms with van der Waals surface area (Å²) in [6.45, 7) is 3.66. The molecular formula is C5H12N8S2. The predicted molar refractivity (Wildman–Crippen MR) is 62.8 cm³/mol. The largest absolute Gasteiger partial charge is 0.321 e. The minimum absolute atomic E-state index is 0.133. The van der Waals surface area contributed by atoms with E-state index < -0.39 is 4.08 Å². The number of thioether (sulfide) groups is 2. The smallest absolute Gasteiger partial charge is 0.227 e. The highest BCUT2D eigenvalue weighted by Gasteiger charge is 2.25. The van der Waals surface area contributed by atoms with Crippen molar-refractivity contribution < 1.29 is 0 Å². The molecule has 0 radical (unpaired) electrons. The van der Waals surface area contributed by atoms with Crippen molar-refractivity contribution in [3.8, 4) is 0 Å². The van der Waals surface area contributed by atoms with Crippen LogP contribution in [0.4, 0.5) is 0 Å². The van der Waals surface area contributed by atoms with Crippen LogP contribution in [0.25, 0.3) is 0 Å². The Morgan fingerprint density at radius 3 is 1.53 bits per heavy atom. The van der Waals surface area contributed by atoms with Crippen LogP contribution in [0.5, 0.6) is 0 Å². The molecule has 0 atom stereocenters. The molecule has 0 spiro atoms. The van der Waals surface area contributed by atoms with Crippen LogP contribution in [0.2, 0.25) is 0 Å². The molecular weight excluding hydrogens is 236 g/mol. The molecule has 0 heterocycles. The number of nitrogens with one attached hydrogen (secondary N) is 2. The van der Waals surface area contributed by atoms with E-state index in [0.717, 1.165) is 23.5 Å². The summed E-state index contributed by atoms with van der Waals surface area (Å²) in [6, 6.07) is 0. The summed E-state index contributed by atoms with van der Waals surface area (Å²) in [6.07, 6.45) is 0. The first kappa shape index (κ1) is 13.8. The second-order valence-electron chi connectivity index (χ2n) is 2.65. The molecule has 0 amide bonds. The van der Waals surface area contributed by atoms with Gasteiger partial charge in [0.2, 0.25) is 10.3 Å². The van der Waals surface area contributed by atoms with E-state index in [1.54, 1.807) is 0 Å². The van der Waals surface area contributed by atoms with Gasteiger partial charge in [0.05, 0.1) is 4.08 Å². The number of hydrazone groups is 2. The molecule has 0 aromatic heterocycles. The van der Waals surface area contributed by atoms with Crippen molar-refractivity contribution in [3.05, 3.63) is 0 Å². The summed E-state index contributed by atoms with van der Waals surface area (Å²) in [4.78, 5) is 0. The van der Waals surface area contributed by atoms with Gasteiger partial charge >= 0.3 is 0 Å². The van der Waals surface area contributed by atoms with E-state index in [9.17, 15) is 0 Å². The maximum absolute atomic E-state index is 6.78. The van der Waals surface area contributed by atoms with Crippen molar-refractivity contribution in [2.75, 3.05) is 0 Å². The minimum Gasteiger partial charge on any atom is -0.321 e. The summed E-state index contributed by atoms with van der Waals surface area (Å²) in [5, 5.41) is 13.1. The molecule has 0 aromatic carbocycles.